The van der Waals surface area contributed by atoms with Gasteiger partial charge in [0.25, 0.3) is 0 Å². The normalized spacial score (nSPS) is 28.4. The zero-order chi connectivity index (χ0) is 17.1. The molecule has 1 aliphatic rings. The van der Waals surface area contributed by atoms with Crippen molar-refractivity contribution < 1.29 is 117 Å². The fraction of sp³-hybridized carbons (Fsp3) is 1.00. The van der Waals surface area contributed by atoms with Gasteiger partial charge in [-0.25, -0.2) is 0 Å². The van der Waals surface area contributed by atoms with Gasteiger partial charge in [-0.05, 0) is 11.4 Å². The van der Waals surface area contributed by atoms with Crippen LogP contribution in [-0.2, 0) is 18.9 Å². The first-order valence-corrected chi connectivity index (χ1v) is 7.84. The topological polar surface area (TPSA) is 126 Å². The van der Waals surface area contributed by atoms with Crippen LogP contribution in [0.4, 0.5) is 0 Å². The minimum atomic E-state index is -0.874. The summed E-state index contributed by atoms with van der Waals surface area (Å²) >= 11 is 0. The first-order chi connectivity index (χ1) is 11.1. The third-order valence-electron chi connectivity index (χ3n) is 3.97. The van der Waals surface area contributed by atoms with E-state index in [1.807, 2.05) is 13.8 Å². The van der Waals surface area contributed by atoms with Gasteiger partial charge in [0.15, 0.2) is 6.29 Å². The van der Waals surface area contributed by atoms with Crippen molar-refractivity contribution in [3.05, 3.63) is 10.4 Å². The molecule has 2 N–H and O–H groups in total. The fourth-order valence-electron chi connectivity index (χ4n) is 2.40. The number of hydrogen-bond donors (Lipinski definition) is 2. The summed E-state index contributed by atoms with van der Waals surface area (Å²) in [5, 5.41) is 22.5. The van der Waals surface area contributed by atoms with Gasteiger partial charge in [0.05, 0.1) is 45.7 Å². The van der Waals surface area contributed by atoms with E-state index in [9.17, 15) is 10.2 Å². The van der Waals surface area contributed by atoms with E-state index in [0.717, 1.165) is 0 Å². The third kappa shape index (κ3) is 11.5. The number of azide groups is 1. The molecule has 0 aromatic carbocycles. The fourth-order valence-corrected chi connectivity index (χ4v) is 2.40. The Morgan fingerprint density at radius 3 is 2.24 bits per heavy atom. The molecule has 0 aromatic rings. The van der Waals surface area contributed by atoms with Crippen molar-refractivity contribution in [2.24, 2.45) is 17.0 Å². The Balaban J connectivity index is 0. The Morgan fingerprint density at radius 2 is 1.64 bits per heavy atom. The Morgan fingerprint density at radius 1 is 1.04 bits per heavy atom. The number of ether oxygens (including phenoxy) is 4. The Kier molecular flexibility index (Phi) is 21.0. The van der Waals surface area contributed by atoms with Crippen molar-refractivity contribution in [2.45, 2.75) is 32.3 Å². The van der Waals surface area contributed by atoms with Gasteiger partial charge >= 0.3 is 0 Å². The smallest absolute Gasteiger partial charge is 0.158 e. The number of aliphatic hydroxyl groups is 2. The Bertz CT molecular complexity index is 374. The molecule has 0 aliphatic carbocycles. The zero-order valence-corrected chi connectivity index (χ0v) is 24.4. The monoisotopic (exact) mass is 787 g/mol. The van der Waals surface area contributed by atoms with Gasteiger partial charge in [0.2, 0.25) is 0 Å². The second-order valence-electron chi connectivity index (χ2n) is 5.48. The summed E-state index contributed by atoms with van der Waals surface area (Å²) in [7, 11) is 0. The molecule has 0 saturated carbocycles. The van der Waals surface area contributed by atoms with Gasteiger partial charge in [-0.15, -0.1) is 0 Å². The summed E-state index contributed by atoms with van der Waals surface area (Å²) in [4.78, 5) is 2.62. The van der Waals surface area contributed by atoms with Crippen molar-refractivity contribution >= 4 is 0 Å². The van der Waals surface area contributed by atoms with E-state index in [2.05, 4.69) is 10.0 Å². The van der Waals surface area contributed by atoms with Crippen molar-refractivity contribution in [1.82, 2.24) is 0 Å². The summed E-state index contributed by atoms with van der Waals surface area (Å²) in [6.07, 6.45) is -1.68. The first kappa shape index (κ1) is 29.2. The van der Waals surface area contributed by atoms with Crippen LogP contribution in [0.5, 0.6) is 0 Å². The van der Waals surface area contributed by atoms with E-state index in [0.29, 0.717) is 39.6 Å². The molecule has 0 bridgehead atoms. The molecule has 1 aliphatic heterocycles. The SMILES string of the molecule is C[C@H]1[C@H](OCCOCCOCCN=[N+]=[N-])[C@@H](CO)OC(O)[C@@H]1C.[Ac].[Ac]. The molecule has 1 fully saturated rings. The molecule has 140 valence electrons. The van der Waals surface area contributed by atoms with E-state index < -0.39 is 12.4 Å². The van der Waals surface area contributed by atoms with E-state index >= 15 is 0 Å². The number of rotatable bonds is 11. The van der Waals surface area contributed by atoms with Crippen LogP contribution in [0.15, 0.2) is 5.11 Å². The minimum Gasteiger partial charge on any atom is -0.394 e. The third-order valence-corrected chi connectivity index (χ3v) is 3.97. The Labute approximate surface area is 220 Å². The van der Waals surface area contributed by atoms with Crippen LogP contribution in [0, 0.1) is 100.0 Å². The maximum Gasteiger partial charge on any atom is 0.158 e. The summed E-state index contributed by atoms with van der Waals surface area (Å²) in [6.45, 7) is 5.98. The largest absolute Gasteiger partial charge is 0.394 e. The van der Waals surface area contributed by atoms with E-state index in [1.165, 1.54) is 0 Å². The van der Waals surface area contributed by atoms with Crippen LogP contribution >= 0.6 is 0 Å². The predicted octanol–water partition coefficient (Wildman–Crippen LogP) is 0.697. The van der Waals surface area contributed by atoms with Crippen LogP contribution in [0.2, 0.25) is 0 Å². The van der Waals surface area contributed by atoms with E-state index in [-0.39, 0.29) is 113 Å². The first-order valence-electron chi connectivity index (χ1n) is 7.84. The van der Waals surface area contributed by atoms with Gasteiger partial charge < -0.3 is 29.2 Å². The van der Waals surface area contributed by atoms with Gasteiger partial charge in [-0.3, -0.25) is 0 Å². The molecule has 9 nitrogen and oxygen atoms in total. The van der Waals surface area contributed by atoms with Gasteiger partial charge in [-0.2, -0.15) is 0 Å². The molecule has 1 heterocycles. The van der Waals surface area contributed by atoms with Crippen LogP contribution in [0.3, 0.4) is 0 Å². The molecule has 0 aromatic heterocycles. The van der Waals surface area contributed by atoms with Crippen molar-refractivity contribution in [1.29, 1.82) is 0 Å². The van der Waals surface area contributed by atoms with Crippen molar-refractivity contribution in [2.75, 3.05) is 46.2 Å². The molecule has 0 amide bonds. The minimum absolute atomic E-state index is 0. The second-order valence-corrected chi connectivity index (χ2v) is 5.48. The van der Waals surface area contributed by atoms with E-state index in [1.54, 1.807) is 0 Å². The van der Waals surface area contributed by atoms with Crippen LogP contribution < -0.4 is 0 Å². The van der Waals surface area contributed by atoms with Crippen LogP contribution in [0.1, 0.15) is 13.8 Å². The summed E-state index contributed by atoms with van der Waals surface area (Å²) in [5.41, 5.74) is 8.09. The molecule has 2 radical (unpaired) electrons. The molecular weight excluding hydrogens is 760 g/mol. The van der Waals surface area contributed by atoms with Crippen LogP contribution in [-0.4, -0.2) is 74.9 Å². The summed E-state index contributed by atoms with van der Waals surface area (Å²) in [6, 6.07) is 0. The number of aliphatic hydroxyl groups excluding tert-OH is 2. The maximum absolute atomic E-state index is 9.76. The van der Waals surface area contributed by atoms with Crippen molar-refractivity contribution in [3.63, 3.8) is 0 Å². The Hall–Kier alpha value is 1.95. The van der Waals surface area contributed by atoms with Crippen molar-refractivity contribution in [3.8, 4) is 0 Å². The molecule has 25 heavy (non-hydrogen) atoms. The quantitative estimate of drug-likeness (QED) is 0.138. The maximum atomic E-state index is 9.76. The predicted molar refractivity (Wildman–Crippen MR) is 81.7 cm³/mol. The number of hydrogen-bond acceptors (Lipinski definition) is 7. The van der Waals surface area contributed by atoms with Gasteiger partial charge in [0, 0.05) is 105 Å². The second kappa shape index (κ2) is 18.0. The molecule has 1 rings (SSSR count). The van der Waals surface area contributed by atoms with Gasteiger partial charge in [0.1, 0.15) is 6.10 Å². The molecule has 0 spiro atoms. The average Bonchev–Trinajstić information content (AvgIpc) is 2.55. The van der Waals surface area contributed by atoms with Gasteiger partial charge in [-0.1, -0.05) is 19.0 Å². The number of nitrogens with zero attached hydrogens (tertiary/aromatic N) is 3. The molecule has 1 saturated heterocycles. The molecule has 1 unspecified atom stereocenters. The van der Waals surface area contributed by atoms with Crippen LogP contribution in [0.25, 0.3) is 10.4 Å². The zero-order valence-electron chi connectivity index (χ0n) is 14.9. The molecule has 11 heteroatoms. The molecule has 5 atom stereocenters. The summed E-state index contributed by atoms with van der Waals surface area (Å²) < 4.78 is 21.7. The summed E-state index contributed by atoms with van der Waals surface area (Å²) in [5.74, 6) is 0.00751. The van der Waals surface area contributed by atoms with E-state index in [4.69, 9.17) is 24.5 Å². The standard InChI is InChI=1S/C14H27N3O6.2Ac/c1-10-11(2)14(19)23-12(9-18)13(10)22-8-7-21-6-5-20-4-3-16-17-15;;/h10-14,18-19H,3-9H2,1-2H3;;/t10-,11-,12-,13+,14?;;/m1../s1. The molecular formula is C14H27Ac2N3O6. The average molecular weight is 787 g/mol.